The molecule has 0 bridgehead atoms. The van der Waals surface area contributed by atoms with E-state index >= 15 is 0 Å². The summed E-state index contributed by atoms with van der Waals surface area (Å²) >= 11 is 0. The van der Waals surface area contributed by atoms with Gasteiger partial charge in [0.25, 0.3) is 11.2 Å². The van der Waals surface area contributed by atoms with Crippen LogP contribution < -0.4 is 10.3 Å². The van der Waals surface area contributed by atoms with E-state index in [2.05, 4.69) is 9.88 Å². The zero-order valence-electron chi connectivity index (χ0n) is 19.0. The van der Waals surface area contributed by atoms with Crippen LogP contribution >= 0.6 is 0 Å². The van der Waals surface area contributed by atoms with Gasteiger partial charge in [-0.25, -0.2) is 13.4 Å². The predicted octanol–water partition coefficient (Wildman–Crippen LogP) is 1.92. The number of methoxy groups -OCH3 is 1. The van der Waals surface area contributed by atoms with Gasteiger partial charge in [-0.1, -0.05) is 0 Å². The number of benzene rings is 2. The molecule has 180 valence electrons. The van der Waals surface area contributed by atoms with Crippen LogP contribution in [0.3, 0.4) is 0 Å². The maximum Gasteiger partial charge on any atom is 0.270 e. The van der Waals surface area contributed by atoms with Gasteiger partial charge in [0.15, 0.2) is 0 Å². The molecule has 1 atom stereocenters. The molecule has 1 saturated heterocycles. The van der Waals surface area contributed by atoms with Crippen molar-refractivity contribution in [2.45, 2.75) is 17.9 Å². The van der Waals surface area contributed by atoms with Crippen molar-refractivity contribution in [2.24, 2.45) is 7.05 Å². The molecular formula is C22H25N5O6S. The van der Waals surface area contributed by atoms with Crippen molar-refractivity contribution in [1.29, 1.82) is 0 Å². The number of hydrogen-bond acceptors (Lipinski definition) is 8. The number of rotatable bonds is 6. The predicted molar refractivity (Wildman–Crippen MR) is 125 cm³/mol. The largest absolute Gasteiger partial charge is 0.497 e. The lowest BCUT2D eigenvalue weighted by Crippen LogP contribution is -2.49. The molecule has 1 aromatic heterocycles. The number of sulfonamides is 1. The third-order valence-electron chi connectivity index (χ3n) is 6.20. The monoisotopic (exact) mass is 487 g/mol. The molecule has 3 aromatic rings. The first-order valence-electron chi connectivity index (χ1n) is 10.7. The number of piperazine rings is 1. The first-order valence-corrected chi connectivity index (χ1v) is 12.1. The van der Waals surface area contributed by atoms with E-state index in [0.29, 0.717) is 43.3 Å². The lowest BCUT2D eigenvalue weighted by atomic mass is 10.2. The van der Waals surface area contributed by atoms with Gasteiger partial charge in [-0.3, -0.25) is 24.4 Å². The van der Waals surface area contributed by atoms with E-state index in [1.807, 2.05) is 6.92 Å². The summed E-state index contributed by atoms with van der Waals surface area (Å²) in [4.78, 5) is 30.3. The molecule has 34 heavy (non-hydrogen) atoms. The molecule has 2 heterocycles. The number of ether oxygens (including phenoxy) is 1. The number of non-ortho nitro benzene ring substituents is 1. The van der Waals surface area contributed by atoms with E-state index in [1.54, 1.807) is 19.2 Å². The van der Waals surface area contributed by atoms with Crippen molar-refractivity contribution in [1.82, 2.24) is 18.8 Å². The fourth-order valence-electron chi connectivity index (χ4n) is 4.15. The summed E-state index contributed by atoms with van der Waals surface area (Å²) in [6.45, 7) is 3.43. The third-order valence-corrected chi connectivity index (χ3v) is 8.11. The Bertz CT molecular complexity index is 1400. The smallest absolute Gasteiger partial charge is 0.270 e. The molecule has 1 aliphatic heterocycles. The van der Waals surface area contributed by atoms with Crippen LogP contribution in [-0.4, -0.2) is 65.4 Å². The molecule has 0 amide bonds. The fraction of sp³-hybridized carbons (Fsp3) is 0.364. The number of nitrogens with zero attached hydrogens (tertiary/aromatic N) is 5. The summed E-state index contributed by atoms with van der Waals surface area (Å²) in [5.74, 6) is 1.10. The minimum absolute atomic E-state index is 0.165. The maximum absolute atomic E-state index is 13.0. The normalized spacial score (nSPS) is 16.4. The first-order chi connectivity index (χ1) is 16.1. The van der Waals surface area contributed by atoms with Gasteiger partial charge in [-0.05, 0) is 37.3 Å². The second kappa shape index (κ2) is 9.12. The molecule has 1 fully saturated rings. The van der Waals surface area contributed by atoms with E-state index in [4.69, 9.17) is 4.74 Å². The molecule has 1 aliphatic rings. The summed E-state index contributed by atoms with van der Waals surface area (Å²) in [5.41, 5.74) is -0.145. The van der Waals surface area contributed by atoms with Crippen molar-refractivity contribution in [2.75, 3.05) is 33.3 Å². The average Bonchev–Trinajstić information content (AvgIpc) is 2.85. The summed E-state index contributed by atoms with van der Waals surface area (Å²) in [5, 5.41) is 11.2. The Kier molecular flexibility index (Phi) is 6.39. The van der Waals surface area contributed by atoms with Crippen LogP contribution in [0, 0.1) is 10.1 Å². The van der Waals surface area contributed by atoms with Crippen LogP contribution in [0.1, 0.15) is 18.8 Å². The van der Waals surface area contributed by atoms with Crippen LogP contribution in [0.4, 0.5) is 5.69 Å². The van der Waals surface area contributed by atoms with E-state index < -0.39 is 14.9 Å². The highest BCUT2D eigenvalue weighted by Gasteiger charge is 2.31. The van der Waals surface area contributed by atoms with Gasteiger partial charge in [-0.15, -0.1) is 0 Å². The van der Waals surface area contributed by atoms with Gasteiger partial charge in [0, 0.05) is 45.4 Å². The topological polar surface area (TPSA) is 128 Å². The molecule has 0 spiro atoms. The Morgan fingerprint density at radius 1 is 1.09 bits per heavy atom. The lowest BCUT2D eigenvalue weighted by molar-refractivity contribution is -0.384. The van der Waals surface area contributed by atoms with Crippen molar-refractivity contribution in [3.05, 3.63) is 68.8 Å². The molecule has 0 N–H and O–H groups in total. The summed E-state index contributed by atoms with van der Waals surface area (Å²) in [7, 11) is -0.521. The lowest BCUT2D eigenvalue weighted by Gasteiger charge is -2.37. The molecule has 11 nitrogen and oxygen atoms in total. The molecule has 0 aliphatic carbocycles. The summed E-state index contributed by atoms with van der Waals surface area (Å²) < 4.78 is 34.0. The first kappa shape index (κ1) is 23.8. The molecule has 2 aromatic carbocycles. The van der Waals surface area contributed by atoms with Crippen LogP contribution in [0.5, 0.6) is 5.75 Å². The van der Waals surface area contributed by atoms with E-state index in [0.717, 1.165) is 0 Å². The molecule has 1 unspecified atom stereocenters. The Morgan fingerprint density at radius 2 is 1.74 bits per heavy atom. The Morgan fingerprint density at radius 3 is 2.32 bits per heavy atom. The molecule has 12 heteroatoms. The number of aromatic nitrogens is 2. The summed E-state index contributed by atoms with van der Waals surface area (Å²) in [6, 6.07) is 10.1. The van der Waals surface area contributed by atoms with Gasteiger partial charge >= 0.3 is 0 Å². The van der Waals surface area contributed by atoms with Gasteiger partial charge in [0.05, 0.1) is 33.9 Å². The SMILES string of the molecule is COc1ccc(S(=O)(=O)N2CCN(C(C)c3nc4ccc([N+](=O)[O-])cc4c(=O)n3C)CC2)cc1. The zero-order valence-corrected chi connectivity index (χ0v) is 19.9. The average molecular weight is 488 g/mol. The fourth-order valence-corrected chi connectivity index (χ4v) is 5.58. The Labute approximate surface area is 196 Å². The highest BCUT2D eigenvalue weighted by molar-refractivity contribution is 7.89. The van der Waals surface area contributed by atoms with E-state index in [1.165, 1.54) is 46.3 Å². The molecule has 4 rings (SSSR count). The standard InChI is InChI=1S/C22H25N5O6S/c1-15(21-23-20-9-4-16(27(29)30)14-19(20)22(28)24(21)2)25-10-12-26(13-11-25)34(31,32)18-7-5-17(33-3)6-8-18/h4-9,14-15H,10-13H2,1-3H3. The molecule has 0 radical (unpaired) electrons. The van der Waals surface area contributed by atoms with Gasteiger partial charge in [-0.2, -0.15) is 4.31 Å². The third kappa shape index (κ3) is 4.27. The van der Waals surface area contributed by atoms with Crippen LogP contribution in [0.2, 0.25) is 0 Å². The van der Waals surface area contributed by atoms with Gasteiger partial charge in [0.1, 0.15) is 11.6 Å². The van der Waals surface area contributed by atoms with Gasteiger partial charge in [0.2, 0.25) is 10.0 Å². The number of fused-ring (bicyclic) bond motifs is 1. The highest BCUT2D eigenvalue weighted by Crippen LogP contribution is 2.25. The van der Waals surface area contributed by atoms with Crippen molar-refractivity contribution in [3.8, 4) is 5.75 Å². The van der Waals surface area contributed by atoms with E-state index in [9.17, 15) is 23.3 Å². The van der Waals surface area contributed by atoms with Crippen molar-refractivity contribution >= 4 is 26.6 Å². The quantitative estimate of drug-likeness (QED) is 0.381. The maximum atomic E-state index is 13.0. The van der Waals surface area contributed by atoms with Crippen molar-refractivity contribution < 1.29 is 18.1 Å². The second-order valence-electron chi connectivity index (χ2n) is 8.08. The molecule has 0 saturated carbocycles. The number of nitro benzene ring substituents is 1. The zero-order chi connectivity index (χ0) is 24.6. The minimum atomic E-state index is -3.63. The van der Waals surface area contributed by atoms with Crippen LogP contribution in [0.15, 0.2) is 52.2 Å². The Balaban J connectivity index is 1.53. The summed E-state index contributed by atoms with van der Waals surface area (Å²) in [6.07, 6.45) is 0. The minimum Gasteiger partial charge on any atom is -0.497 e. The number of hydrogen-bond donors (Lipinski definition) is 0. The van der Waals surface area contributed by atoms with Crippen LogP contribution in [-0.2, 0) is 17.1 Å². The number of nitro groups is 1. The molecular weight excluding hydrogens is 462 g/mol. The second-order valence-corrected chi connectivity index (χ2v) is 10.0. The highest BCUT2D eigenvalue weighted by atomic mass is 32.2. The van der Waals surface area contributed by atoms with Crippen molar-refractivity contribution in [3.63, 3.8) is 0 Å². The van der Waals surface area contributed by atoms with Crippen LogP contribution in [0.25, 0.3) is 10.9 Å². The Hall–Kier alpha value is -3.35. The van der Waals surface area contributed by atoms with E-state index in [-0.39, 0.29) is 27.6 Å². The van der Waals surface area contributed by atoms with Gasteiger partial charge < -0.3 is 4.74 Å².